The summed E-state index contributed by atoms with van der Waals surface area (Å²) in [5, 5.41) is 9.09. The van der Waals surface area contributed by atoms with E-state index in [0.29, 0.717) is 5.69 Å². The van der Waals surface area contributed by atoms with Crippen molar-refractivity contribution in [3.8, 4) is 11.3 Å². The van der Waals surface area contributed by atoms with Crippen LogP contribution in [0.2, 0.25) is 5.02 Å². The average Bonchev–Trinajstić information content (AvgIpc) is 3.03. The Morgan fingerprint density at radius 1 is 1.24 bits per heavy atom. The van der Waals surface area contributed by atoms with Crippen molar-refractivity contribution in [2.75, 3.05) is 11.9 Å². The fourth-order valence-electron chi connectivity index (χ4n) is 2.74. The first-order chi connectivity index (χ1) is 13.8. The average molecular weight is 481 g/mol. The van der Waals surface area contributed by atoms with E-state index in [1.54, 1.807) is 12.1 Å². The van der Waals surface area contributed by atoms with Crippen LogP contribution in [0.4, 0.5) is 10.1 Å². The number of hydrogen-bond acceptors (Lipinski definition) is 4. The molecule has 0 fully saturated rings. The van der Waals surface area contributed by atoms with E-state index >= 15 is 0 Å². The first-order valence-electron chi connectivity index (χ1n) is 8.52. The maximum atomic E-state index is 14.2. The predicted octanol–water partition coefficient (Wildman–Crippen LogP) is 4.88. The zero-order chi connectivity index (χ0) is 21.1. The summed E-state index contributed by atoms with van der Waals surface area (Å²) in [6.45, 7) is 3.08. The van der Waals surface area contributed by atoms with E-state index in [0.717, 1.165) is 10.0 Å². The Kier molecular flexibility index (Phi) is 6.34. The number of hydrogen-bond donors (Lipinski definition) is 2. The number of amides is 2. The molecule has 9 heteroatoms. The molecule has 0 bridgehead atoms. The number of benzene rings is 2. The van der Waals surface area contributed by atoms with E-state index in [-0.39, 0.29) is 34.1 Å². The summed E-state index contributed by atoms with van der Waals surface area (Å²) in [6, 6.07) is 9.55. The third-order valence-corrected chi connectivity index (χ3v) is 4.97. The van der Waals surface area contributed by atoms with Crippen molar-refractivity contribution in [1.82, 2.24) is 10.5 Å². The van der Waals surface area contributed by atoms with Gasteiger partial charge < -0.3 is 15.2 Å². The number of rotatable bonds is 5. The second-order valence-electron chi connectivity index (χ2n) is 6.25. The largest absolute Gasteiger partial charge is 0.360 e. The van der Waals surface area contributed by atoms with Gasteiger partial charge in [0.1, 0.15) is 22.8 Å². The smallest absolute Gasteiger partial charge is 0.257 e. The van der Waals surface area contributed by atoms with E-state index < -0.39 is 17.6 Å². The van der Waals surface area contributed by atoms with Crippen LogP contribution in [0.25, 0.3) is 11.3 Å². The Balaban J connectivity index is 1.75. The van der Waals surface area contributed by atoms with Crippen LogP contribution in [0.1, 0.15) is 21.7 Å². The summed E-state index contributed by atoms with van der Waals surface area (Å²) in [4.78, 5) is 24.9. The Hall–Kier alpha value is -2.71. The van der Waals surface area contributed by atoms with Crippen LogP contribution in [0.3, 0.4) is 0 Å². The summed E-state index contributed by atoms with van der Waals surface area (Å²) >= 11 is 9.43. The van der Waals surface area contributed by atoms with E-state index in [1.807, 2.05) is 13.0 Å². The van der Waals surface area contributed by atoms with Crippen LogP contribution in [0.15, 0.2) is 45.4 Å². The Bertz CT molecular complexity index is 1080. The van der Waals surface area contributed by atoms with Crippen LogP contribution in [-0.4, -0.2) is 23.5 Å². The highest BCUT2D eigenvalue weighted by molar-refractivity contribution is 9.10. The monoisotopic (exact) mass is 479 g/mol. The minimum atomic E-state index is -0.636. The summed E-state index contributed by atoms with van der Waals surface area (Å²) in [6.07, 6.45) is 0. The molecule has 0 radical (unpaired) electrons. The van der Waals surface area contributed by atoms with Crippen molar-refractivity contribution >= 4 is 45.0 Å². The van der Waals surface area contributed by atoms with Gasteiger partial charge in [-0.15, -0.1) is 0 Å². The molecule has 0 aliphatic carbocycles. The topological polar surface area (TPSA) is 84.2 Å². The first-order valence-corrected chi connectivity index (χ1v) is 9.70. The van der Waals surface area contributed by atoms with Crippen LogP contribution in [0, 0.1) is 19.7 Å². The summed E-state index contributed by atoms with van der Waals surface area (Å²) < 4.78 is 20.2. The summed E-state index contributed by atoms with van der Waals surface area (Å²) in [5.74, 6) is -1.49. The lowest BCUT2D eigenvalue weighted by Crippen LogP contribution is -2.33. The van der Waals surface area contributed by atoms with Crippen LogP contribution >= 0.6 is 27.5 Å². The normalized spacial score (nSPS) is 10.7. The molecule has 0 saturated carbocycles. The Morgan fingerprint density at radius 3 is 2.69 bits per heavy atom. The molecule has 3 rings (SSSR count). The molecule has 2 N–H and O–H groups in total. The van der Waals surface area contributed by atoms with Crippen LogP contribution in [-0.2, 0) is 4.79 Å². The zero-order valence-electron chi connectivity index (χ0n) is 15.5. The third kappa shape index (κ3) is 4.65. The predicted molar refractivity (Wildman–Crippen MR) is 111 cm³/mol. The third-order valence-electron chi connectivity index (χ3n) is 4.16. The van der Waals surface area contributed by atoms with Gasteiger partial charge >= 0.3 is 0 Å². The number of aryl methyl sites for hydroxylation is 2. The van der Waals surface area contributed by atoms with Crippen molar-refractivity contribution in [3.05, 3.63) is 68.6 Å². The molecule has 150 valence electrons. The second kappa shape index (κ2) is 8.75. The highest BCUT2D eigenvalue weighted by Crippen LogP contribution is 2.33. The van der Waals surface area contributed by atoms with Gasteiger partial charge in [0.15, 0.2) is 0 Å². The van der Waals surface area contributed by atoms with Crippen molar-refractivity contribution in [2.45, 2.75) is 13.8 Å². The lowest BCUT2D eigenvalue weighted by Gasteiger charge is -2.10. The van der Waals surface area contributed by atoms with Gasteiger partial charge in [-0.3, -0.25) is 9.59 Å². The molecular weight excluding hydrogens is 465 g/mol. The van der Waals surface area contributed by atoms with Gasteiger partial charge in [-0.2, -0.15) is 0 Å². The molecule has 2 amide bonds. The molecule has 0 saturated heterocycles. The second-order valence-corrected chi connectivity index (χ2v) is 7.57. The quantitative estimate of drug-likeness (QED) is 0.545. The lowest BCUT2D eigenvalue weighted by atomic mass is 10.0. The van der Waals surface area contributed by atoms with Gasteiger partial charge in [-0.25, -0.2) is 4.39 Å². The van der Waals surface area contributed by atoms with Gasteiger partial charge in [0, 0.05) is 10.2 Å². The van der Waals surface area contributed by atoms with Crippen LogP contribution < -0.4 is 10.6 Å². The van der Waals surface area contributed by atoms with E-state index in [9.17, 15) is 14.0 Å². The fourth-order valence-corrected chi connectivity index (χ4v) is 3.47. The van der Waals surface area contributed by atoms with Crippen molar-refractivity contribution in [2.24, 2.45) is 0 Å². The first kappa shape index (κ1) is 21.0. The molecule has 0 aliphatic rings. The highest BCUT2D eigenvalue weighted by Gasteiger charge is 2.25. The number of anilines is 1. The van der Waals surface area contributed by atoms with Gasteiger partial charge in [0.2, 0.25) is 5.91 Å². The lowest BCUT2D eigenvalue weighted by molar-refractivity contribution is -0.115. The molecule has 2 aromatic carbocycles. The van der Waals surface area contributed by atoms with Crippen LogP contribution in [0.5, 0.6) is 0 Å². The number of aromatic nitrogens is 1. The Labute approximate surface area is 179 Å². The molecule has 29 heavy (non-hydrogen) atoms. The highest BCUT2D eigenvalue weighted by atomic mass is 79.9. The molecule has 0 aliphatic heterocycles. The number of nitrogens with zero attached hydrogens (tertiary/aromatic N) is 1. The zero-order valence-corrected chi connectivity index (χ0v) is 17.8. The molecule has 3 aromatic rings. The number of carbonyl (C=O) groups is 2. The van der Waals surface area contributed by atoms with Gasteiger partial charge in [0.05, 0.1) is 17.1 Å². The van der Waals surface area contributed by atoms with Crippen molar-refractivity contribution in [3.63, 3.8) is 0 Å². The fraction of sp³-hybridized carbons (Fsp3) is 0.150. The molecular formula is C20H16BrClFN3O3. The molecule has 0 unspecified atom stereocenters. The van der Waals surface area contributed by atoms with Crippen molar-refractivity contribution < 1.29 is 18.5 Å². The minimum absolute atomic E-state index is 0.0182. The molecule has 1 aromatic heterocycles. The van der Waals surface area contributed by atoms with E-state index in [2.05, 4.69) is 31.7 Å². The summed E-state index contributed by atoms with van der Waals surface area (Å²) in [5.41, 5.74) is 1.46. The maximum Gasteiger partial charge on any atom is 0.257 e. The van der Waals surface area contributed by atoms with Gasteiger partial charge in [0.25, 0.3) is 5.91 Å². The van der Waals surface area contributed by atoms with Crippen molar-refractivity contribution in [1.29, 1.82) is 0 Å². The van der Waals surface area contributed by atoms with E-state index in [1.165, 1.54) is 25.1 Å². The minimum Gasteiger partial charge on any atom is -0.360 e. The number of carbonyl (C=O) groups excluding carboxylic acids is 2. The molecule has 1 heterocycles. The van der Waals surface area contributed by atoms with Gasteiger partial charge in [-0.05, 0) is 49.7 Å². The number of nitrogens with one attached hydrogen (secondary N) is 2. The Morgan fingerprint density at radius 2 is 2.00 bits per heavy atom. The summed E-state index contributed by atoms with van der Waals surface area (Å²) in [7, 11) is 0. The maximum absolute atomic E-state index is 14.2. The van der Waals surface area contributed by atoms with E-state index in [4.69, 9.17) is 16.1 Å². The standard InChI is InChI=1S/C20H16BrClFN3O3/c1-10-8-12(21)6-7-15(10)25-16(27)9-24-20(28)17-11(2)29-26-19(17)18-13(22)4-3-5-14(18)23/h3-8H,9H2,1-2H3,(H,24,28)(H,25,27). The molecule has 0 atom stereocenters. The molecule has 0 spiro atoms. The number of halogens is 3. The SMILES string of the molecule is Cc1cc(Br)ccc1NC(=O)CNC(=O)c1c(-c2c(F)cccc2Cl)noc1C. The van der Waals surface area contributed by atoms with Gasteiger partial charge in [-0.1, -0.05) is 38.8 Å². The molecule has 6 nitrogen and oxygen atoms in total.